The first-order valence-corrected chi connectivity index (χ1v) is 7.83. The van der Waals surface area contributed by atoms with Gasteiger partial charge in [-0.25, -0.2) is 0 Å². The van der Waals surface area contributed by atoms with Crippen LogP contribution < -0.4 is 10.1 Å². The molecule has 1 fully saturated rings. The predicted molar refractivity (Wildman–Crippen MR) is 78.6 cm³/mol. The van der Waals surface area contributed by atoms with Crippen LogP contribution in [0.25, 0.3) is 0 Å². The molecule has 1 saturated heterocycles. The Labute approximate surface area is 119 Å². The van der Waals surface area contributed by atoms with Gasteiger partial charge in [0.15, 0.2) is 0 Å². The molecule has 1 heterocycles. The SMILES string of the molecule is CCSc1cccc(OCC2CCNCC2)c1C#N. The van der Waals surface area contributed by atoms with Crippen LogP contribution in [0.15, 0.2) is 23.1 Å². The molecule has 1 N–H and O–H groups in total. The molecular weight excluding hydrogens is 256 g/mol. The smallest absolute Gasteiger partial charge is 0.138 e. The summed E-state index contributed by atoms with van der Waals surface area (Å²) in [6, 6.07) is 8.14. The highest BCUT2D eigenvalue weighted by molar-refractivity contribution is 7.99. The quantitative estimate of drug-likeness (QED) is 0.840. The van der Waals surface area contributed by atoms with Gasteiger partial charge in [-0.15, -0.1) is 11.8 Å². The number of nitrogens with one attached hydrogen (secondary N) is 1. The van der Waals surface area contributed by atoms with E-state index in [-0.39, 0.29) is 0 Å². The second-order valence-corrected chi connectivity index (χ2v) is 5.98. The number of thioether (sulfide) groups is 1. The van der Waals surface area contributed by atoms with E-state index < -0.39 is 0 Å². The van der Waals surface area contributed by atoms with Gasteiger partial charge in [-0.3, -0.25) is 0 Å². The molecule has 0 aliphatic carbocycles. The van der Waals surface area contributed by atoms with E-state index in [0.29, 0.717) is 11.5 Å². The lowest BCUT2D eigenvalue weighted by atomic mass is 9.99. The van der Waals surface area contributed by atoms with E-state index in [2.05, 4.69) is 18.3 Å². The van der Waals surface area contributed by atoms with Crippen molar-refractivity contribution in [2.45, 2.75) is 24.7 Å². The Kier molecular flexibility index (Phi) is 5.56. The highest BCUT2D eigenvalue weighted by Gasteiger charge is 2.15. The highest BCUT2D eigenvalue weighted by Crippen LogP contribution is 2.30. The van der Waals surface area contributed by atoms with Crippen LogP contribution in [0.5, 0.6) is 5.75 Å². The van der Waals surface area contributed by atoms with E-state index in [9.17, 15) is 5.26 Å². The van der Waals surface area contributed by atoms with Crippen molar-refractivity contribution in [2.24, 2.45) is 5.92 Å². The van der Waals surface area contributed by atoms with Crippen LogP contribution in [0.4, 0.5) is 0 Å². The average Bonchev–Trinajstić information content (AvgIpc) is 2.46. The first-order valence-electron chi connectivity index (χ1n) is 6.84. The topological polar surface area (TPSA) is 45.0 Å². The molecule has 0 spiro atoms. The fourth-order valence-electron chi connectivity index (χ4n) is 2.27. The zero-order valence-corrected chi connectivity index (χ0v) is 12.1. The summed E-state index contributed by atoms with van der Waals surface area (Å²) in [6.45, 7) is 4.96. The van der Waals surface area contributed by atoms with Gasteiger partial charge in [0.2, 0.25) is 0 Å². The number of hydrogen-bond acceptors (Lipinski definition) is 4. The minimum absolute atomic E-state index is 0.607. The van der Waals surface area contributed by atoms with Crippen LogP contribution in [-0.2, 0) is 0 Å². The molecule has 0 unspecified atom stereocenters. The lowest BCUT2D eigenvalue weighted by molar-refractivity contribution is 0.214. The van der Waals surface area contributed by atoms with E-state index in [1.165, 1.54) is 0 Å². The van der Waals surface area contributed by atoms with E-state index >= 15 is 0 Å². The average molecular weight is 276 g/mol. The maximum atomic E-state index is 9.31. The van der Waals surface area contributed by atoms with Crippen LogP contribution in [0.1, 0.15) is 25.3 Å². The Morgan fingerprint density at radius 2 is 2.21 bits per heavy atom. The molecule has 0 aromatic heterocycles. The number of rotatable bonds is 5. The van der Waals surface area contributed by atoms with Crippen molar-refractivity contribution in [3.63, 3.8) is 0 Å². The summed E-state index contributed by atoms with van der Waals surface area (Å²) in [6.07, 6.45) is 2.32. The maximum absolute atomic E-state index is 9.31. The third-order valence-corrected chi connectivity index (χ3v) is 4.27. The molecule has 4 heteroatoms. The first-order chi connectivity index (χ1) is 9.35. The van der Waals surface area contributed by atoms with Crippen molar-refractivity contribution in [1.29, 1.82) is 5.26 Å². The molecule has 0 saturated carbocycles. The maximum Gasteiger partial charge on any atom is 0.138 e. The summed E-state index contributed by atoms with van der Waals surface area (Å²) in [5, 5.41) is 12.7. The van der Waals surface area contributed by atoms with Crippen LogP contribution in [0.2, 0.25) is 0 Å². The third kappa shape index (κ3) is 3.89. The molecule has 0 bridgehead atoms. The molecular formula is C15H20N2OS. The highest BCUT2D eigenvalue weighted by atomic mass is 32.2. The van der Waals surface area contributed by atoms with Crippen molar-refractivity contribution >= 4 is 11.8 Å². The lowest BCUT2D eigenvalue weighted by Crippen LogP contribution is -2.30. The Hall–Kier alpha value is -1.18. The van der Waals surface area contributed by atoms with Crippen LogP contribution in [0.3, 0.4) is 0 Å². The minimum Gasteiger partial charge on any atom is -0.492 e. The van der Waals surface area contributed by atoms with Gasteiger partial charge in [0.25, 0.3) is 0 Å². The predicted octanol–water partition coefficient (Wildman–Crippen LogP) is 3.05. The molecule has 19 heavy (non-hydrogen) atoms. The molecule has 1 aromatic rings. The summed E-state index contributed by atoms with van der Waals surface area (Å²) < 4.78 is 5.89. The van der Waals surface area contributed by atoms with Gasteiger partial charge in [0, 0.05) is 4.90 Å². The van der Waals surface area contributed by atoms with Gasteiger partial charge in [-0.2, -0.15) is 5.26 Å². The molecule has 1 aromatic carbocycles. The Balaban J connectivity index is 2.02. The summed E-state index contributed by atoms with van der Waals surface area (Å²) in [5.41, 5.74) is 0.684. The van der Waals surface area contributed by atoms with Crippen LogP contribution >= 0.6 is 11.8 Å². The molecule has 2 rings (SSSR count). The summed E-state index contributed by atoms with van der Waals surface area (Å²) in [4.78, 5) is 1.02. The van der Waals surface area contributed by atoms with Crippen LogP contribution in [0, 0.1) is 17.2 Å². The zero-order chi connectivity index (χ0) is 13.5. The van der Waals surface area contributed by atoms with E-state index in [0.717, 1.165) is 48.9 Å². The molecule has 102 valence electrons. The summed E-state index contributed by atoms with van der Waals surface area (Å²) in [5.74, 6) is 2.31. The lowest BCUT2D eigenvalue weighted by Gasteiger charge is -2.23. The number of ether oxygens (including phenoxy) is 1. The number of benzene rings is 1. The number of nitriles is 1. The van der Waals surface area contributed by atoms with Gasteiger partial charge >= 0.3 is 0 Å². The molecule has 1 aliphatic rings. The van der Waals surface area contributed by atoms with Crippen molar-refractivity contribution in [2.75, 3.05) is 25.4 Å². The van der Waals surface area contributed by atoms with Crippen molar-refractivity contribution < 1.29 is 4.74 Å². The first kappa shape index (κ1) is 14.2. The molecule has 3 nitrogen and oxygen atoms in total. The fraction of sp³-hybridized carbons (Fsp3) is 0.533. The van der Waals surface area contributed by atoms with Crippen molar-refractivity contribution in [1.82, 2.24) is 5.32 Å². The fourth-order valence-corrected chi connectivity index (χ4v) is 3.05. The number of hydrogen-bond donors (Lipinski definition) is 1. The second kappa shape index (κ2) is 7.42. The largest absolute Gasteiger partial charge is 0.492 e. The standard InChI is InChI=1S/C15H20N2OS/c1-2-19-15-5-3-4-14(13(15)10-16)18-11-12-6-8-17-9-7-12/h3-5,12,17H,2,6-9,11H2,1H3. The Morgan fingerprint density at radius 1 is 1.42 bits per heavy atom. The van der Waals surface area contributed by atoms with Gasteiger partial charge < -0.3 is 10.1 Å². The van der Waals surface area contributed by atoms with Crippen LogP contribution in [-0.4, -0.2) is 25.4 Å². The molecule has 0 radical (unpaired) electrons. The van der Waals surface area contributed by atoms with E-state index in [1.54, 1.807) is 11.8 Å². The number of piperidine rings is 1. The molecule has 1 aliphatic heterocycles. The zero-order valence-electron chi connectivity index (χ0n) is 11.3. The van der Waals surface area contributed by atoms with Crippen molar-refractivity contribution in [3.05, 3.63) is 23.8 Å². The minimum atomic E-state index is 0.607. The Bertz CT molecular complexity index is 450. The normalized spacial score (nSPS) is 16.0. The van der Waals surface area contributed by atoms with Gasteiger partial charge in [-0.05, 0) is 49.7 Å². The van der Waals surface area contributed by atoms with E-state index in [1.807, 2.05) is 18.2 Å². The van der Waals surface area contributed by atoms with Gasteiger partial charge in [-0.1, -0.05) is 13.0 Å². The summed E-state index contributed by atoms with van der Waals surface area (Å²) >= 11 is 1.69. The van der Waals surface area contributed by atoms with Crippen molar-refractivity contribution in [3.8, 4) is 11.8 Å². The molecule has 0 atom stereocenters. The third-order valence-electron chi connectivity index (χ3n) is 3.33. The Morgan fingerprint density at radius 3 is 2.89 bits per heavy atom. The van der Waals surface area contributed by atoms with E-state index in [4.69, 9.17) is 4.74 Å². The van der Waals surface area contributed by atoms with Gasteiger partial charge in [0.05, 0.1) is 6.61 Å². The second-order valence-electron chi connectivity index (χ2n) is 4.68. The molecule has 0 amide bonds. The summed E-state index contributed by atoms with van der Waals surface area (Å²) in [7, 11) is 0. The van der Waals surface area contributed by atoms with Gasteiger partial charge in [0.1, 0.15) is 17.4 Å². The number of nitrogens with zero attached hydrogens (tertiary/aromatic N) is 1. The monoisotopic (exact) mass is 276 g/mol.